The third-order valence-corrected chi connectivity index (χ3v) is 4.36. The molecule has 1 atom stereocenters. The fraction of sp³-hybridized carbons (Fsp3) is 0.647. The molecule has 1 aromatic rings. The van der Waals surface area contributed by atoms with Crippen LogP contribution < -0.4 is 0 Å². The summed E-state index contributed by atoms with van der Waals surface area (Å²) < 4.78 is 1.00. The maximum absolute atomic E-state index is 10.3. The van der Waals surface area contributed by atoms with Gasteiger partial charge < -0.3 is 10.0 Å². The minimum atomic E-state index is -0.378. The van der Waals surface area contributed by atoms with E-state index in [0.29, 0.717) is 0 Å². The van der Waals surface area contributed by atoms with Crippen LogP contribution in [0.25, 0.3) is 0 Å². The van der Waals surface area contributed by atoms with Crippen LogP contribution >= 0.6 is 15.9 Å². The summed E-state index contributed by atoms with van der Waals surface area (Å²) in [5, 5.41) is 10.3. The van der Waals surface area contributed by atoms with E-state index in [1.807, 2.05) is 24.3 Å². The smallest absolute Gasteiger partial charge is 0.0813 e. The zero-order chi connectivity index (χ0) is 14.8. The van der Waals surface area contributed by atoms with E-state index in [4.69, 9.17) is 0 Å². The second kappa shape index (κ2) is 10.4. The summed E-state index contributed by atoms with van der Waals surface area (Å²) in [6, 6.07) is 7.95. The van der Waals surface area contributed by atoms with E-state index in [9.17, 15) is 5.11 Å². The van der Waals surface area contributed by atoms with Crippen molar-refractivity contribution in [2.24, 2.45) is 0 Å². The first-order valence-electron chi connectivity index (χ1n) is 7.83. The molecule has 0 saturated carbocycles. The standard InChI is InChI=1S/C17H28BrNO/c1-3-5-12-19(13-6-4-2)14-11-17(20)15-9-7-8-10-16(15)18/h7-10,17,20H,3-6,11-14H2,1-2H3. The van der Waals surface area contributed by atoms with Crippen LogP contribution in [0.15, 0.2) is 28.7 Å². The molecular weight excluding hydrogens is 314 g/mol. The largest absolute Gasteiger partial charge is 0.388 e. The molecule has 0 amide bonds. The number of halogens is 1. The van der Waals surface area contributed by atoms with Gasteiger partial charge in [-0.05, 0) is 44.0 Å². The molecule has 0 saturated heterocycles. The summed E-state index contributed by atoms with van der Waals surface area (Å²) >= 11 is 3.51. The Morgan fingerprint density at radius 3 is 2.20 bits per heavy atom. The molecule has 0 heterocycles. The molecule has 0 aliphatic heterocycles. The molecule has 0 aliphatic carbocycles. The van der Waals surface area contributed by atoms with Gasteiger partial charge in [-0.1, -0.05) is 60.8 Å². The quantitative estimate of drug-likeness (QED) is 0.662. The summed E-state index contributed by atoms with van der Waals surface area (Å²) in [6.45, 7) is 7.74. The normalized spacial score (nSPS) is 12.8. The molecule has 1 aromatic carbocycles. The van der Waals surface area contributed by atoms with Gasteiger partial charge in [-0.3, -0.25) is 0 Å². The fourth-order valence-corrected chi connectivity index (χ4v) is 2.85. The number of aliphatic hydroxyl groups excluding tert-OH is 1. The number of hydrogen-bond acceptors (Lipinski definition) is 2. The van der Waals surface area contributed by atoms with E-state index in [-0.39, 0.29) is 6.10 Å². The molecule has 20 heavy (non-hydrogen) atoms. The Hall–Kier alpha value is -0.380. The first-order valence-corrected chi connectivity index (χ1v) is 8.63. The number of aliphatic hydroxyl groups is 1. The van der Waals surface area contributed by atoms with Crippen molar-refractivity contribution < 1.29 is 5.11 Å². The number of rotatable bonds is 10. The molecule has 1 rings (SSSR count). The van der Waals surface area contributed by atoms with Crippen molar-refractivity contribution in [1.82, 2.24) is 4.90 Å². The lowest BCUT2D eigenvalue weighted by molar-refractivity contribution is 0.140. The predicted octanol–water partition coefficient (Wildman–Crippen LogP) is 4.77. The zero-order valence-electron chi connectivity index (χ0n) is 12.8. The van der Waals surface area contributed by atoms with E-state index in [2.05, 4.69) is 34.7 Å². The monoisotopic (exact) mass is 341 g/mol. The van der Waals surface area contributed by atoms with Gasteiger partial charge >= 0.3 is 0 Å². The predicted molar refractivity (Wildman–Crippen MR) is 90.0 cm³/mol. The highest BCUT2D eigenvalue weighted by Gasteiger charge is 2.12. The van der Waals surface area contributed by atoms with Gasteiger partial charge in [-0.25, -0.2) is 0 Å². The highest BCUT2D eigenvalue weighted by Crippen LogP contribution is 2.25. The van der Waals surface area contributed by atoms with Crippen LogP contribution in [0.4, 0.5) is 0 Å². The van der Waals surface area contributed by atoms with Gasteiger partial charge in [0.1, 0.15) is 0 Å². The topological polar surface area (TPSA) is 23.5 Å². The zero-order valence-corrected chi connectivity index (χ0v) is 14.4. The van der Waals surface area contributed by atoms with E-state index >= 15 is 0 Å². The SMILES string of the molecule is CCCCN(CCCC)CCC(O)c1ccccc1Br. The Kier molecular flexibility index (Phi) is 9.16. The number of hydrogen-bond donors (Lipinski definition) is 1. The summed E-state index contributed by atoms with van der Waals surface area (Å²) in [5.41, 5.74) is 0.999. The maximum atomic E-state index is 10.3. The fourth-order valence-electron chi connectivity index (χ4n) is 2.30. The van der Waals surface area contributed by atoms with Crippen LogP contribution in [0.3, 0.4) is 0 Å². The van der Waals surface area contributed by atoms with Crippen LogP contribution in [-0.4, -0.2) is 29.6 Å². The van der Waals surface area contributed by atoms with Gasteiger partial charge in [0.2, 0.25) is 0 Å². The second-order valence-corrected chi connectivity index (χ2v) is 6.23. The summed E-state index contributed by atoms with van der Waals surface area (Å²) in [4.78, 5) is 2.49. The molecule has 0 bridgehead atoms. The number of unbranched alkanes of at least 4 members (excludes halogenated alkanes) is 2. The molecule has 2 nitrogen and oxygen atoms in total. The Bertz CT molecular complexity index is 362. The molecule has 3 heteroatoms. The van der Waals surface area contributed by atoms with Crippen molar-refractivity contribution in [1.29, 1.82) is 0 Å². The minimum Gasteiger partial charge on any atom is -0.388 e. The lowest BCUT2D eigenvalue weighted by atomic mass is 10.1. The number of nitrogens with zero attached hydrogens (tertiary/aromatic N) is 1. The van der Waals surface area contributed by atoms with Gasteiger partial charge in [-0.2, -0.15) is 0 Å². The molecule has 0 fully saturated rings. The molecule has 0 spiro atoms. The summed E-state index contributed by atoms with van der Waals surface area (Å²) in [5.74, 6) is 0. The molecule has 0 aromatic heterocycles. The van der Waals surface area contributed by atoms with Crippen molar-refractivity contribution >= 4 is 15.9 Å². The van der Waals surface area contributed by atoms with E-state index in [0.717, 1.165) is 36.1 Å². The van der Waals surface area contributed by atoms with Crippen molar-refractivity contribution in [3.63, 3.8) is 0 Å². The van der Waals surface area contributed by atoms with Crippen molar-refractivity contribution in [3.8, 4) is 0 Å². The molecule has 1 N–H and O–H groups in total. The number of benzene rings is 1. The third-order valence-electron chi connectivity index (χ3n) is 3.64. The van der Waals surface area contributed by atoms with Gasteiger partial charge in [0.05, 0.1) is 6.10 Å². The second-order valence-electron chi connectivity index (χ2n) is 5.37. The van der Waals surface area contributed by atoms with Crippen molar-refractivity contribution in [3.05, 3.63) is 34.3 Å². The molecular formula is C17H28BrNO. The van der Waals surface area contributed by atoms with Crippen LogP contribution in [0.1, 0.15) is 57.6 Å². The Morgan fingerprint density at radius 2 is 1.65 bits per heavy atom. The highest BCUT2D eigenvalue weighted by atomic mass is 79.9. The lowest BCUT2D eigenvalue weighted by Crippen LogP contribution is -2.28. The molecule has 0 radical (unpaired) electrons. The van der Waals surface area contributed by atoms with Gasteiger partial charge in [0, 0.05) is 11.0 Å². The maximum Gasteiger partial charge on any atom is 0.0813 e. The average Bonchev–Trinajstić information content (AvgIpc) is 2.46. The third kappa shape index (κ3) is 6.38. The molecule has 1 unspecified atom stereocenters. The lowest BCUT2D eigenvalue weighted by Gasteiger charge is -2.23. The van der Waals surface area contributed by atoms with Crippen LogP contribution in [0, 0.1) is 0 Å². The van der Waals surface area contributed by atoms with Crippen molar-refractivity contribution in [2.75, 3.05) is 19.6 Å². The first-order chi connectivity index (χ1) is 9.69. The summed E-state index contributed by atoms with van der Waals surface area (Å²) in [7, 11) is 0. The molecule has 114 valence electrons. The van der Waals surface area contributed by atoms with Crippen LogP contribution in [-0.2, 0) is 0 Å². The van der Waals surface area contributed by atoms with E-state index < -0.39 is 0 Å². The average molecular weight is 342 g/mol. The molecule has 0 aliphatic rings. The minimum absolute atomic E-state index is 0.378. The van der Waals surface area contributed by atoms with E-state index in [1.165, 1.54) is 25.7 Å². The highest BCUT2D eigenvalue weighted by molar-refractivity contribution is 9.10. The van der Waals surface area contributed by atoms with E-state index in [1.54, 1.807) is 0 Å². The summed E-state index contributed by atoms with van der Waals surface area (Å²) in [6.07, 6.45) is 5.38. The first kappa shape index (κ1) is 17.7. The van der Waals surface area contributed by atoms with Gasteiger partial charge in [0.25, 0.3) is 0 Å². The Balaban J connectivity index is 2.46. The van der Waals surface area contributed by atoms with Crippen LogP contribution in [0.2, 0.25) is 0 Å². The van der Waals surface area contributed by atoms with Gasteiger partial charge in [-0.15, -0.1) is 0 Å². The van der Waals surface area contributed by atoms with Crippen LogP contribution in [0.5, 0.6) is 0 Å². The van der Waals surface area contributed by atoms with Crippen molar-refractivity contribution in [2.45, 2.75) is 52.1 Å². The van der Waals surface area contributed by atoms with Gasteiger partial charge in [0.15, 0.2) is 0 Å². The Labute approximate surface area is 132 Å². The Morgan fingerprint density at radius 1 is 1.05 bits per heavy atom.